The summed E-state index contributed by atoms with van der Waals surface area (Å²) in [4.78, 5) is 16.8. The maximum absolute atomic E-state index is 13.0. The molecule has 1 aromatic heterocycles. The first-order valence-electron chi connectivity index (χ1n) is 8.68. The lowest BCUT2D eigenvalue weighted by atomic mass is 10.0. The van der Waals surface area contributed by atoms with E-state index < -0.39 is 0 Å². The molecule has 0 radical (unpaired) electrons. The number of benzene rings is 1. The lowest BCUT2D eigenvalue weighted by Gasteiger charge is -2.36. The van der Waals surface area contributed by atoms with Crippen molar-refractivity contribution in [3.05, 3.63) is 53.1 Å². The maximum Gasteiger partial charge on any atom is 0.274 e. The van der Waals surface area contributed by atoms with Crippen molar-refractivity contribution in [2.75, 3.05) is 20.1 Å². The molecule has 1 saturated heterocycles. The molecule has 1 fully saturated rings. The van der Waals surface area contributed by atoms with Crippen LogP contribution in [0.15, 0.2) is 30.3 Å². The van der Waals surface area contributed by atoms with Crippen LogP contribution in [0, 0.1) is 12.7 Å². The molecule has 0 atom stereocenters. The molecule has 1 aliphatic heterocycles. The van der Waals surface area contributed by atoms with E-state index in [1.165, 1.54) is 12.1 Å². The molecular formula is C19H25FN4O. The second-order valence-corrected chi connectivity index (χ2v) is 6.84. The van der Waals surface area contributed by atoms with Gasteiger partial charge in [0.15, 0.2) is 5.69 Å². The Labute approximate surface area is 148 Å². The van der Waals surface area contributed by atoms with Crippen molar-refractivity contribution in [3.8, 4) is 0 Å². The van der Waals surface area contributed by atoms with E-state index in [-0.39, 0.29) is 17.8 Å². The fourth-order valence-corrected chi connectivity index (χ4v) is 3.32. The average Bonchev–Trinajstić information content (AvgIpc) is 2.95. The van der Waals surface area contributed by atoms with E-state index in [0.717, 1.165) is 43.7 Å². The van der Waals surface area contributed by atoms with Gasteiger partial charge < -0.3 is 4.90 Å². The van der Waals surface area contributed by atoms with E-state index in [9.17, 15) is 9.18 Å². The van der Waals surface area contributed by atoms with Crippen LogP contribution in [0.3, 0.4) is 0 Å². The number of nitrogens with zero attached hydrogens (tertiary/aromatic N) is 4. The molecule has 0 bridgehead atoms. The molecule has 134 valence electrons. The molecule has 0 saturated carbocycles. The van der Waals surface area contributed by atoms with Gasteiger partial charge in [0, 0.05) is 45.5 Å². The standard InChI is InChI=1S/C19H25FN4O/c1-14-12-18(21-23(14)3)19(25)22(2)17-8-10-24(11-9-17)13-15-4-6-16(20)7-5-15/h4-7,12,17H,8-11,13H2,1-3H3. The Bertz CT molecular complexity index is 713. The van der Waals surface area contributed by atoms with Crippen LogP contribution in [0.1, 0.15) is 34.6 Å². The first kappa shape index (κ1) is 17.6. The summed E-state index contributed by atoms with van der Waals surface area (Å²) >= 11 is 0. The number of aryl methyl sites for hydroxylation is 2. The zero-order valence-electron chi connectivity index (χ0n) is 15.1. The first-order valence-corrected chi connectivity index (χ1v) is 8.68. The molecule has 6 heteroatoms. The second kappa shape index (κ2) is 7.35. The smallest absolute Gasteiger partial charge is 0.274 e. The minimum Gasteiger partial charge on any atom is -0.337 e. The minimum absolute atomic E-state index is 0.0133. The molecule has 1 amide bonds. The molecule has 1 aromatic carbocycles. The zero-order valence-corrected chi connectivity index (χ0v) is 15.1. The monoisotopic (exact) mass is 344 g/mol. The van der Waals surface area contributed by atoms with Crippen molar-refractivity contribution in [1.29, 1.82) is 0 Å². The van der Waals surface area contributed by atoms with Gasteiger partial charge in [0.1, 0.15) is 5.82 Å². The molecule has 0 aliphatic carbocycles. The predicted octanol–water partition coefficient (Wildman–Crippen LogP) is 2.60. The Kier molecular flexibility index (Phi) is 5.18. The summed E-state index contributed by atoms with van der Waals surface area (Å²) in [6.07, 6.45) is 1.88. The largest absolute Gasteiger partial charge is 0.337 e. The third-order valence-corrected chi connectivity index (χ3v) is 5.08. The van der Waals surface area contributed by atoms with Gasteiger partial charge >= 0.3 is 0 Å². The number of halogens is 1. The van der Waals surface area contributed by atoms with E-state index in [0.29, 0.717) is 5.69 Å². The SMILES string of the molecule is Cc1cc(C(=O)N(C)C2CCN(Cc3ccc(F)cc3)CC2)nn1C. The van der Waals surface area contributed by atoms with Crippen LogP contribution in [0.2, 0.25) is 0 Å². The highest BCUT2D eigenvalue weighted by Gasteiger charge is 2.27. The normalized spacial score (nSPS) is 16.2. The van der Waals surface area contributed by atoms with Gasteiger partial charge in [0.05, 0.1) is 0 Å². The van der Waals surface area contributed by atoms with Gasteiger partial charge in [-0.25, -0.2) is 4.39 Å². The third-order valence-electron chi connectivity index (χ3n) is 5.08. The summed E-state index contributed by atoms with van der Waals surface area (Å²) < 4.78 is 14.7. The number of piperidine rings is 1. The lowest BCUT2D eigenvalue weighted by Crippen LogP contribution is -2.45. The van der Waals surface area contributed by atoms with Crippen LogP contribution in [-0.2, 0) is 13.6 Å². The molecular weight excluding hydrogens is 319 g/mol. The Balaban J connectivity index is 1.54. The highest BCUT2D eigenvalue weighted by molar-refractivity contribution is 5.92. The molecule has 25 heavy (non-hydrogen) atoms. The van der Waals surface area contributed by atoms with E-state index in [1.807, 2.05) is 44.1 Å². The fraction of sp³-hybridized carbons (Fsp3) is 0.474. The molecule has 0 N–H and O–H groups in total. The number of hydrogen-bond donors (Lipinski definition) is 0. The quantitative estimate of drug-likeness (QED) is 0.856. The maximum atomic E-state index is 13.0. The molecule has 2 aromatic rings. The summed E-state index contributed by atoms with van der Waals surface area (Å²) in [7, 11) is 3.71. The van der Waals surface area contributed by atoms with Gasteiger partial charge in [0.25, 0.3) is 5.91 Å². The van der Waals surface area contributed by atoms with Gasteiger partial charge in [-0.15, -0.1) is 0 Å². The number of likely N-dealkylation sites (tertiary alicyclic amines) is 1. The number of carbonyl (C=O) groups excluding carboxylic acids is 1. The summed E-state index contributed by atoms with van der Waals surface area (Å²) in [5.74, 6) is -0.215. The second-order valence-electron chi connectivity index (χ2n) is 6.84. The molecule has 0 spiro atoms. The van der Waals surface area contributed by atoms with Crippen LogP contribution >= 0.6 is 0 Å². The van der Waals surface area contributed by atoms with Crippen LogP contribution in [0.4, 0.5) is 4.39 Å². The van der Waals surface area contributed by atoms with Crippen molar-refractivity contribution in [1.82, 2.24) is 19.6 Å². The van der Waals surface area contributed by atoms with Crippen molar-refractivity contribution < 1.29 is 9.18 Å². The Hall–Kier alpha value is -2.21. The van der Waals surface area contributed by atoms with Gasteiger partial charge in [0.2, 0.25) is 0 Å². The van der Waals surface area contributed by atoms with Gasteiger partial charge in [-0.1, -0.05) is 12.1 Å². The van der Waals surface area contributed by atoms with Gasteiger partial charge in [-0.05, 0) is 43.5 Å². The zero-order chi connectivity index (χ0) is 18.0. The van der Waals surface area contributed by atoms with Crippen LogP contribution in [0.5, 0.6) is 0 Å². The Morgan fingerprint density at radius 3 is 2.48 bits per heavy atom. The van der Waals surface area contributed by atoms with Crippen molar-refractivity contribution in [2.45, 2.75) is 32.4 Å². The molecule has 0 unspecified atom stereocenters. The molecule has 1 aliphatic rings. The van der Waals surface area contributed by atoms with E-state index in [1.54, 1.807) is 4.68 Å². The van der Waals surface area contributed by atoms with Crippen molar-refractivity contribution in [2.24, 2.45) is 7.05 Å². The Morgan fingerprint density at radius 1 is 1.28 bits per heavy atom. The van der Waals surface area contributed by atoms with Crippen LogP contribution < -0.4 is 0 Å². The summed E-state index contributed by atoms with van der Waals surface area (Å²) in [5.41, 5.74) is 2.61. The number of carbonyl (C=O) groups is 1. The minimum atomic E-state index is -0.202. The average molecular weight is 344 g/mol. The number of aromatic nitrogens is 2. The fourth-order valence-electron chi connectivity index (χ4n) is 3.32. The predicted molar refractivity (Wildman–Crippen MR) is 94.7 cm³/mol. The highest BCUT2D eigenvalue weighted by Crippen LogP contribution is 2.19. The van der Waals surface area contributed by atoms with E-state index in [4.69, 9.17) is 0 Å². The number of hydrogen-bond acceptors (Lipinski definition) is 3. The number of amides is 1. The molecule has 2 heterocycles. The van der Waals surface area contributed by atoms with Crippen LogP contribution in [-0.4, -0.2) is 51.7 Å². The van der Waals surface area contributed by atoms with E-state index in [2.05, 4.69) is 10.00 Å². The van der Waals surface area contributed by atoms with Crippen LogP contribution in [0.25, 0.3) is 0 Å². The lowest BCUT2D eigenvalue weighted by molar-refractivity contribution is 0.0630. The van der Waals surface area contributed by atoms with Crippen molar-refractivity contribution >= 4 is 5.91 Å². The summed E-state index contributed by atoms with van der Waals surface area (Å²) in [6.45, 7) is 4.63. The third kappa shape index (κ3) is 4.07. The highest BCUT2D eigenvalue weighted by atomic mass is 19.1. The van der Waals surface area contributed by atoms with Gasteiger partial charge in [-0.3, -0.25) is 14.4 Å². The number of rotatable bonds is 4. The summed E-state index contributed by atoms with van der Waals surface area (Å²) in [5, 5.41) is 4.29. The molecule has 5 nitrogen and oxygen atoms in total. The van der Waals surface area contributed by atoms with Crippen molar-refractivity contribution in [3.63, 3.8) is 0 Å². The summed E-state index contributed by atoms with van der Waals surface area (Å²) in [6, 6.07) is 8.75. The van der Waals surface area contributed by atoms with E-state index >= 15 is 0 Å². The molecule has 3 rings (SSSR count). The topological polar surface area (TPSA) is 41.4 Å². The Morgan fingerprint density at radius 2 is 1.92 bits per heavy atom. The first-order chi connectivity index (χ1) is 11.9. The van der Waals surface area contributed by atoms with Gasteiger partial charge in [-0.2, -0.15) is 5.10 Å².